The van der Waals surface area contributed by atoms with E-state index in [2.05, 4.69) is 5.48 Å². The van der Waals surface area contributed by atoms with Gasteiger partial charge in [-0.05, 0) is 18.4 Å². The monoisotopic (exact) mass is 191 g/mol. The molecule has 74 valence electrons. The Bertz CT molecular complexity index is 306. The predicted molar refractivity (Wildman–Crippen MR) is 52.1 cm³/mol. The van der Waals surface area contributed by atoms with Crippen LogP contribution >= 0.6 is 0 Å². The Morgan fingerprint density at radius 3 is 2.71 bits per heavy atom. The van der Waals surface area contributed by atoms with E-state index in [-0.39, 0.29) is 11.8 Å². The van der Waals surface area contributed by atoms with Crippen LogP contribution in [0.1, 0.15) is 18.4 Å². The first-order valence-electron chi connectivity index (χ1n) is 4.82. The number of nitrogens with one attached hydrogen (secondary N) is 1. The number of hydrogen-bond donors (Lipinski definition) is 1. The molecule has 1 fully saturated rings. The second-order valence-electron chi connectivity index (χ2n) is 3.51. The first kappa shape index (κ1) is 9.21. The summed E-state index contributed by atoms with van der Waals surface area (Å²) in [6.07, 6.45) is 2.00. The minimum atomic E-state index is 0.0148. The smallest absolute Gasteiger partial charge is 0.246 e. The van der Waals surface area contributed by atoms with Gasteiger partial charge in [0.15, 0.2) is 0 Å². The van der Waals surface area contributed by atoms with Crippen LogP contribution in [0.3, 0.4) is 0 Å². The van der Waals surface area contributed by atoms with E-state index in [0.29, 0.717) is 6.61 Å². The molecule has 3 heteroatoms. The Morgan fingerprint density at radius 1 is 1.36 bits per heavy atom. The lowest BCUT2D eigenvalue weighted by Gasteiger charge is -2.04. The Hall–Kier alpha value is -1.35. The standard InChI is InChI=1S/C11H13NO2/c13-11(10-6-7-10)12-14-8-9-4-2-1-3-5-9/h1-5,10H,6-8H2,(H,12,13). The molecule has 0 saturated heterocycles. The Morgan fingerprint density at radius 2 is 2.07 bits per heavy atom. The molecule has 0 spiro atoms. The molecular formula is C11H13NO2. The Labute approximate surface area is 83.0 Å². The van der Waals surface area contributed by atoms with E-state index in [4.69, 9.17) is 4.84 Å². The van der Waals surface area contributed by atoms with Crippen LogP contribution in [-0.2, 0) is 16.2 Å². The van der Waals surface area contributed by atoms with Gasteiger partial charge >= 0.3 is 0 Å². The van der Waals surface area contributed by atoms with Gasteiger partial charge in [-0.15, -0.1) is 0 Å². The van der Waals surface area contributed by atoms with Crippen LogP contribution in [-0.4, -0.2) is 5.91 Å². The third-order valence-corrected chi connectivity index (χ3v) is 2.20. The van der Waals surface area contributed by atoms with Gasteiger partial charge in [0.2, 0.25) is 5.91 Å². The fourth-order valence-electron chi connectivity index (χ4n) is 1.19. The molecule has 1 aliphatic rings. The topological polar surface area (TPSA) is 38.3 Å². The van der Waals surface area contributed by atoms with E-state index in [9.17, 15) is 4.79 Å². The maximum absolute atomic E-state index is 11.2. The van der Waals surface area contributed by atoms with Crippen molar-refractivity contribution in [2.45, 2.75) is 19.4 Å². The zero-order chi connectivity index (χ0) is 9.80. The zero-order valence-electron chi connectivity index (χ0n) is 7.90. The van der Waals surface area contributed by atoms with Crippen LogP contribution in [0.4, 0.5) is 0 Å². The molecule has 0 aromatic heterocycles. The Kier molecular flexibility index (Phi) is 2.79. The lowest BCUT2D eigenvalue weighted by atomic mass is 10.2. The second-order valence-corrected chi connectivity index (χ2v) is 3.51. The normalized spacial score (nSPS) is 15.1. The third kappa shape index (κ3) is 2.57. The summed E-state index contributed by atoms with van der Waals surface area (Å²) < 4.78 is 0. The van der Waals surface area contributed by atoms with Crippen molar-refractivity contribution in [3.05, 3.63) is 35.9 Å². The van der Waals surface area contributed by atoms with Crippen molar-refractivity contribution in [2.24, 2.45) is 5.92 Å². The second kappa shape index (κ2) is 4.24. The largest absolute Gasteiger partial charge is 0.273 e. The van der Waals surface area contributed by atoms with Crippen molar-refractivity contribution in [1.82, 2.24) is 5.48 Å². The van der Waals surface area contributed by atoms with Gasteiger partial charge in [0.25, 0.3) is 0 Å². The highest BCUT2D eigenvalue weighted by Gasteiger charge is 2.29. The third-order valence-electron chi connectivity index (χ3n) is 2.20. The quantitative estimate of drug-likeness (QED) is 0.735. The SMILES string of the molecule is O=C(NOCc1ccccc1)C1CC1. The molecule has 0 bridgehead atoms. The molecular weight excluding hydrogens is 178 g/mol. The average molecular weight is 191 g/mol. The number of benzene rings is 1. The van der Waals surface area contributed by atoms with Crippen molar-refractivity contribution in [3.8, 4) is 0 Å². The summed E-state index contributed by atoms with van der Waals surface area (Å²) in [6.45, 7) is 0.430. The molecule has 14 heavy (non-hydrogen) atoms. The van der Waals surface area contributed by atoms with Gasteiger partial charge in [-0.2, -0.15) is 0 Å². The van der Waals surface area contributed by atoms with E-state index in [1.807, 2.05) is 30.3 Å². The van der Waals surface area contributed by atoms with Gasteiger partial charge in [-0.3, -0.25) is 9.63 Å². The van der Waals surface area contributed by atoms with Crippen molar-refractivity contribution in [2.75, 3.05) is 0 Å². The van der Waals surface area contributed by atoms with Crippen molar-refractivity contribution >= 4 is 5.91 Å². The summed E-state index contributed by atoms with van der Waals surface area (Å²) in [5, 5.41) is 0. The highest BCUT2D eigenvalue weighted by Crippen LogP contribution is 2.28. The van der Waals surface area contributed by atoms with Gasteiger partial charge < -0.3 is 0 Å². The van der Waals surface area contributed by atoms with E-state index >= 15 is 0 Å². The first-order chi connectivity index (χ1) is 6.86. The lowest BCUT2D eigenvalue weighted by molar-refractivity contribution is -0.135. The van der Waals surface area contributed by atoms with E-state index in [1.165, 1.54) is 0 Å². The summed E-state index contributed by atoms with van der Waals surface area (Å²) in [5.41, 5.74) is 3.51. The molecule has 1 aliphatic carbocycles. The number of carbonyl (C=O) groups is 1. The van der Waals surface area contributed by atoms with Crippen LogP contribution in [0, 0.1) is 5.92 Å². The summed E-state index contributed by atoms with van der Waals surface area (Å²) in [4.78, 5) is 16.2. The van der Waals surface area contributed by atoms with Gasteiger partial charge in [0.05, 0.1) is 6.61 Å². The molecule has 1 aromatic carbocycles. The molecule has 0 radical (unpaired) electrons. The highest BCUT2D eigenvalue weighted by molar-refractivity contribution is 5.79. The number of amides is 1. The highest BCUT2D eigenvalue weighted by atomic mass is 16.6. The number of rotatable bonds is 4. The molecule has 1 saturated carbocycles. The van der Waals surface area contributed by atoms with Gasteiger partial charge in [0, 0.05) is 5.92 Å². The lowest BCUT2D eigenvalue weighted by Crippen LogP contribution is -2.24. The van der Waals surface area contributed by atoms with Crippen molar-refractivity contribution in [3.63, 3.8) is 0 Å². The average Bonchev–Trinajstić information content (AvgIpc) is 3.02. The summed E-state index contributed by atoms with van der Waals surface area (Å²) in [6, 6.07) is 9.77. The van der Waals surface area contributed by atoms with E-state index in [1.54, 1.807) is 0 Å². The predicted octanol–water partition coefficient (Wildman–Crippen LogP) is 1.64. The molecule has 0 atom stereocenters. The summed E-state index contributed by atoms with van der Waals surface area (Å²) in [5.74, 6) is 0.215. The molecule has 0 heterocycles. The van der Waals surface area contributed by atoms with Crippen molar-refractivity contribution in [1.29, 1.82) is 0 Å². The number of carbonyl (C=O) groups excluding carboxylic acids is 1. The maximum atomic E-state index is 11.2. The van der Waals surface area contributed by atoms with Crippen LogP contribution in [0.25, 0.3) is 0 Å². The zero-order valence-corrected chi connectivity index (χ0v) is 7.90. The fraction of sp³-hybridized carbons (Fsp3) is 0.364. The van der Waals surface area contributed by atoms with Gasteiger partial charge in [0.1, 0.15) is 0 Å². The molecule has 3 nitrogen and oxygen atoms in total. The number of hydrogen-bond acceptors (Lipinski definition) is 2. The maximum Gasteiger partial charge on any atom is 0.246 e. The number of hydroxylamine groups is 1. The minimum absolute atomic E-state index is 0.0148. The minimum Gasteiger partial charge on any atom is -0.273 e. The molecule has 2 rings (SSSR count). The summed E-state index contributed by atoms with van der Waals surface area (Å²) in [7, 11) is 0. The van der Waals surface area contributed by atoms with Crippen LogP contribution < -0.4 is 5.48 Å². The fourth-order valence-corrected chi connectivity index (χ4v) is 1.19. The molecule has 0 aliphatic heterocycles. The van der Waals surface area contributed by atoms with Crippen molar-refractivity contribution < 1.29 is 9.63 Å². The summed E-state index contributed by atoms with van der Waals surface area (Å²) >= 11 is 0. The molecule has 0 unspecified atom stereocenters. The van der Waals surface area contributed by atoms with E-state index < -0.39 is 0 Å². The molecule has 1 aromatic rings. The van der Waals surface area contributed by atoms with E-state index in [0.717, 1.165) is 18.4 Å². The Balaban J connectivity index is 1.70. The van der Waals surface area contributed by atoms with Gasteiger partial charge in [-0.25, -0.2) is 5.48 Å². The molecule has 1 N–H and O–H groups in total. The first-order valence-corrected chi connectivity index (χ1v) is 4.82. The van der Waals surface area contributed by atoms with Crippen LogP contribution in [0.2, 0.25) is 0 Å². The van der Waals surface area contributed by atoms with Crippen LogP contribution in [0.15, 0.2) is 30.3 Å². The van der Waals surface area contributed by atoms with Crippen LogP contribution in [0.5, 0.6) is 0 Å². The van der Waals surface area contributed by atoms with Gasteiger partial charge in [-0.1, -0.05) is 30.3 Å². The molecule has 1 amide bonds.